The Morgan fingerprint density at radius 2 is 1.93 bits per heavy atom. The smallest absolute Gasteiger partial charge is 0.371 e. The maximum absolute atomic E-state index is 10.5. The summed E-state index contributed by atoms with van der Waals surface area (Å²) in [5.74, 6) is -0.128. The van der Waals surface area contributed by atoms with Gasteiger partial charge < -0.3 is 14.9 Å². The summed E-state index contributed by atoms with van der Waals surface area (Å²) in [5, 5.41) is 0. The Bertz CT molecular complexity index is 317. The van der Waals surface area contributed by atoms with Crippen molar-refractivity contribution in [2.45, 2.75) is 6.61 Å². The predicted molar refractivity (Wildman–Crippen MR) is 52.5 cm³/mol. The van der Waals surface area contributed by atoms with Gasteiger partial charge in [-0.15, -0.1) is 0 Å². The molecule has 1 rings (SSSR count). The third kappa shape index (κ3) is 4.24. The molecule has 0 aliphatic carbocycles. The molecule has 5 nitrogen and oxygen atoms in total. The van der Waals surface area contributed by atoms with E-state index in [0.717, 1.165) is 11.3 Å². The van der Waals surface area contributed by atoms with Gasteiger partial charge in [-0.25, -0.2) is 4.79 Å². The van der Waals surface area contributed by atoms with E-state index >= 15 is 0 Å². The molecule has 2 N–H and O–H groups in total. The van der Waals surface area contributed by atoms with Crippen LogP contribution in [0.25, 0.3) is 0 Å². The van der Waals surface area contributed by atoms with Crippen LogP contribution in [0.2, 0.25) is 0 Å². The highest BCUT2D eigenvalue weighted by molar-refractivity contribution is 6.20. The first-order valence-corrected chi connectivity index (χ1v) is 4.01. The Morgan fingerprint density at radius 3 is 2.40 bits per heavy atom. The van der Waals surface area contributed by atoms with Crippen LogP contribution < -0.4 is 4.74 Å². The molecule has 0 radical (unpaired) electrons. The first-order valence-electron chi connectivity index (χ1n) is 4.01. The number of aldehydes is 1. The Morgan fingerprint density at radius 1 is 1.33 bits per heavy atom. The standard InChI is InChI=1S/C10H10O4.H2O/c1-13-9-4-2-8(3-5-9)7-14-10(12)6-11;/h2-6H,7H2,1H3;1H2. The summed E-state index contributed by atoms with van der Waals surface area (Å²) in [7, 11) is 1.57. The van der Waals surface area contributed by atoms with Crippen LogP contribution in [-0.2, 0) is 20.9 Å². The van der Waals surface area contributed by atoms with E-state index in [-0.39, 0.29) is 18.4 Å². The monoisotopic (exact) mass is 212 g/mol. The second-order valence-electron chi connectivity index (χ2n) is 2.57. The number of hydrogen-bond acceptors (Lipinski definition) is 4. The fourth-order valence-corrected chi connectivity index (χ4v) is 0.910. The highest BCUT2D eigenvalue weighted by Gasteiger charge is 2.00. The molecule has 0 atom stereocenters. The van der Waals surface area contributed by atoms with E-state index in [1.807, 2.05) is 0 Å². The molecule has 0 spiro atoms. The van der Waals surface area contributed by atoms with Crippen molar-refractivity contribution in [3.05, 3.63) is 29.8 Å². The minimum atomic E-state index is -0.860. The van der Waals surface area contributed by atoms with E-state index in [1.54, 1.807) is 31.4 Å². The first-order chi connectivity index (χ1) is 6.76. The molecule has 0 amide bonds. The molecule has 0 aliphatic heterocycles. The average molecular weight is 212 g/mol. The Hall–Kier alpha value is -1.88. The third-order valence-electron chi connectivity index (χ3n) is 1.64. The van der Waals surface area contributed by atoms with Crippen molar-refractivity contribution < 1.29 is 24.5 Å². The summed E-state index contributed by atoms with van der Waals surface area (Å²) >= 11 is 0. The second-order valence-corrected chi connectivity index (χ2v) is 2.57. The largest absolute Gasteiger partial charge is 0.497 e. The molecule has 1 aromatic carbocycles. The van der Waals surface area contributed by atoms with Gasteiger partial charge in [-0.05, 0) is 17.7 Å². The van der Waals surface area contributed by atoms with Crippen LogP contribution in [0.15, 0.2) is 24.3 Å². The number of methoxy groups -OCH3 is 1. The van der Waals surface area contributed by atoms with Crippen molar-refractivity contribution >= 4 is 12.3 Å². The van der Waals surface area contributed by atoms with Crippen LogP contribution in [-0.4, -0.2) is 24.8 Å². The van der Waals surface area contributed by atoms with Crippen molar-refractivity contribution in [2.75, 3.05) is 7.11 Å². The van der Waals surface area contributed by atoms with Crippen LogP contribution in [0, 0.1) is 0 Å². The lowest BCUT2D eigenvalue weighted by Crippen LogP contribution is -2.04. The highest BCUT2D eigenvalue weighted by atomic mass is 16.5. The van der Waals surface area contributed by atoms with Gasteiger partial charge in [0.05, 0.1) is 7.11 Å². The summed E-state index contributed by atoms with van der Waals surface area (Å²) in [6.07, 6.45) is 0.142. The fraction of sp³-hybridized carbons (Fsp3) is 0.200. The second kappa shape index (κ2) is 6.56. The number of ether oxygens (including phenoxy) is 2. The normalized spacial score (nSPS) is 8.60. The first kappa shape index (κ1) is 13.1. The van der Waals surface area contributed by atoms with E-state index in [1.165, 1.54) is 0 Å². The number of rotatable bonds is 4. The van der Waals surface area contributed by atoms with Gasteiger partial charge in [0.25, 0.3) is 0 Å². The molecule has 0 aromatic heterocycles. The molecule has 0 bridgehead atoms. The lowest BCUT2D eigenvalue weighted by atomic mass is 10.2. The van der Waals surface area contributed by atoms with Crippen molar-refractivity contribution in [1.29, 1.82) is 0 Å². The molecule has 0 heterocycles. The van der Waals surface area contributed by atoms with Crippen molar-refractivity contribution in [1.82, 2.24) is 0 Å². The SMILES string of the molecule is COc1ccc(COC(=O)C=O)cc1.O. The van der Waals surface area contributed by atoms with Crippen LogP contribution in [0.3, 0.4) is 0 Å². The summed E-state index contributed by atoms with van der Waals surface area (Å²) in [4.78, 5) is 20.4. The van der Waals surface area contributed by atoms with Crippen molar-refractivity contribution in [3.8, 4) is 5.75 Å². The summed E-state index contributed by atoms with van der Waals surface area (Å²) in [6.45, 7) is 0.0988. The molecule has 1 aromatic rings. The van der Waals surface area contributed by atoms with E-state index in [0.29, 0.717) is 0 Å². The van der Waals surface area contributed by atoms with Crippen LogP contribution in [0.1, 0.15) is 5.56 Å². The van der Waals surface area contributed by atoms with Gasteiger partial charge in [-0.1, -0.05) is 12.1 Å². The Labute approximate surface area is 86.9 Å². The van der Waals surface area contributed by atoms with Crippen LogP contribution >= 0.6 is 0 Å². The molecule has 0 aliphatic rings. The maximum Gasteiger partial charge on any atom is 0.371 e. The molecule has 0 saturated carbocycles. The zero-order chi connectivity index (χ0) is 10.4. The average Bonchev–Trinajstić information content (AvgIpc) is 2.26. The molecule has 15 heavy (non-hydrogen) atoms. The number of carbonyl (C=O) groups excluding carboxylic acids is 2. The minimum Gasteiger partial charge on any atom is -0.497 e. The summed E-state index contributed by atoms with van der Waals surface area (Å²) in [6, 6.07) is 7.03. The topological polar surface area (TPSA) is 84.1 Å². The van der Waals surface area contributed by atoms with E-state index in [4.69, 9.17) is 4.74 Å². The van der Waals surface area contributed by atoms with Crippen LogP contribution in [0.5, 0.6) is 5.75 Å². The van der Waals surface area contributed by atoms with Gasteiger partial charge in [-0.3, -0.25) is 4.79 Å². The molecule has 0 fully saturated rings. The third-order valence-corrected chi connectivity index (χ3v) is 1.64. The Kier molecular flexibility index (Phi) is 5.73. The summed E-state index contributed by atoms with van der Waals surface area (Å²) in [5.41, 5.74) is 0.806. The number of hydrogen-bond donors (Lipinski definition) is 0. The zero-order valence-electron chi connectivity index (χ0n) is 8.23. The zero-order valence-corrected chi connectivity index (χ0v) is 8.23. The van der Waals surface area contributed by atoms with E-state index < -0.39 is 5.97 Å². The highest BCUT2D eigenvalue weighted by Crippen LogP contribution is 2.11. The van der Waals surface area contributed by atoms with Gasteiger partial charge in [0, 0.05) is 0 Å². The lowest BCUT2D eigenvalue weighted by Gasteiger charge is -2.02. The molecule has 5 heteroatoms. The molecular formula is C10H12O5. The summed E-state index contributed by atoms with van der Waals surface area (Å²) < 4.78 is 9.55. The number of esters is 1. The van der Waals surface area contributed by atoms with Gasteiger partial charge in [0.15, 0.2) is 0 Å². The molecule has 82 valence electrons. The molecule has 0 saturated heterocycles. The van der Waals surface area contributed by atoms with Crippen molar-refractivity contribution in [3.63, 3.8) is 0 Å². The van der Waals surface area contributed by atoms with Gasteiger partial charge >= 0.3 is 5.97 Å². The molecular weight excluding hydrogens is 200 g/mol. The quantitative estimate of drug-likeness (QED) is 0.403. The predicted octanol–water partition coefficient (Wildman–Crippen LogP) is 0.113. The van der Waals surface area contributed by atoms with E-state index in [9.17, 15) is 9.59 Å². The van der Waals surface area contributed by atoms with E-state index in [2.05, 4.69) is 4.74 Å². The van der Waals surface area contributed by atoms with Gasteiger partial charge in [0.1, 0.15) is 12.4 Å². The fourth-order valence-electron chi connectivity index (χ4n) is 0.910. The van der Waals surface area contributed by atoms with Crippen molar-refractivity contribution in [2.24, 2.45) is 0 Å². The minimum absolute atomic E-state index is 0. The molecule has 0 unspecified atom stereocenters. The van der Waals surface area contributed by atoms with Gasteiger partial charge in [-0.2, -0.15) is 0 Å². The maximum atomic E-state index is 10.5. The Balaban J connectivity index is 0.00000196. The number of carbonyl (C=O) groups is 2. The van der Waals surface area contributed by atoms with Crippen LogP contribution in [0.4, 0.5) is 0 Å². The number of benzene rings is 1. The lowest BCUT2D eigenvalue weighted by molar-refractivity contribution is -0.149. The van der Waals surface area contributed by atoms with Gasteiger partial charge in [0.2, 0.25) is 6.29 Å².